The van der Waals surface area contributed by atoms with Crippen LogP contribution >= 0.6 is 0 Å². The van der Waals surface area contributed by atoms with Gasteiger partial charge in [0.15, 0.2) is 5.79 Å². The Hall–Kier alpha value is -0.120. The van der Waals surface area contributed by atoms with E-state index in [4.69, 9.17) is 9.47 Å². The fraction of sp³-hybridized carbons (Fsp3) is 1.00. The maximum absolute atomic E-state index is 11.3. The third-order valence-corrected chi connectivity index (χ3v) is 9.97. The van der Waals surface area contributed by atoms with Crippen LogP contribution < -0.4 is 0 Å². The van der Waals surface area contributed by atoms with Crippen LogP contribution in [0.1, 0.15) is 72.1 Å². The maximum Gasteiger partial charge on any atom is 0.168 e. The summed E-state index contributed by atoms with van der Waals surface area (Å²) < 4.78 is 12.1. The highest BCUT2D eigenvalue weighted by Gasteiger charge is 2.63. The van der Waals surface area contributed by atoms with Crippen LogP contribution in [-0.2, 0) is 9.47 Å². The van der Waals surface area contributed by atoms with E-state index in [2.05, 4.69) is 20.8 Å². The van der Waals surface area contributed by atoms with Crippen LogP contribution in [0.15, 0.2) is 0 Å². The number of aliphatic hydroxyl groups is 1. The molecule has 3 heteroatoms. The van der Waals surface area contributed by atoms with Crippen LogP contribution in [0.25, 0.3) is 0 Å². The molecule has 4 saturated carbocycles. The van der Waals surface area contributed by atoms with Crippen molar-refractivity contribution in [2.75, 3.05) is 13.2 Å². The second-order valence-corrected chi connectivity index (χ2v) is 10.6. The van der Waals surface area contributed by atoms with Crippen LogP contribution in [0.4, 0.5) is 0 Å². The Kier molecular flexibility index (Phi) is 3.71. The first kappa shape index (κ1) is 17.0. The minimum atomic E-state index is -0.318. The van der Waals surface area contributed by atoms with E-state index in [1.54, 1.807) is 0 Å². The predicted molar refractivity (Wildman–Crippen MR) is 96.9 cm³/mol. The lowest BCUT2D eigenvalue weighted by Gasteiger charge is -2.63. The molecule has 5 fully saturated rings. The Balaban J connectivity index is 1.45. The largest absolute Gasteiger partial charge is 0.393 e. The van der Waals surface area contributed by atoms with Gasteiger partial charge in [0, 0.05) is 12.8 Å². The molecule has 8 atom stereocenters. The Bertz CT molecular complexity index is 541. The molecule has 0 radical (unpaired) electrons. The van der Waals surface area contributed by atoms with E-state index in [1.807, 2.05) is 0 Å². The van der Waals surface area contributed by atoms with E-state index in [0.29, 0.717) is 28.6 Å². The Morgan fingerprint density at radius 1 is 0.880 bits per heavy atom. The molecule has 1 heterocycles. The molecular weight excluding hydrogens is 312 g/mol. The molecular formula is C22H36O3. The third-order valence-electron chi connectivity index (χ3n) is 9.97. The van der Waals surface area contributed by atoms with E-state index < -0.39 is 0 Å². The van der Waals surface area contributed by atoms with E-state index in [9.17, 15) is 5.11 Å². The average molecular weight is 349 g/mol. The van der Waals surface area contributed by atoms with Gasteiger partial charge in [0.05, 0.1) is 19.3 Å². The fourth-order valence-corrected chi connectivity index (χ4v) is 8.19. The quantitative estimate of drug-likeness (QED) is 0.706. The third kappa shape index (κ3) is 2.21. The SMILES string of the molecule is C[C@H]1CCC2C3C(CC[C@@]21C)[C@@]1(C)CCC2(C[C@@H]1C[C@H]3O)OCCO2. The van der Waals surface area contributed by atoms with Gasteiger partial charge < -0.3 is 14.6 Å². The van der Waals surface area contributed by atoms with Gasteiger partial charge in [-0.1, -0.05) is 20.8 Å². The van der Waals surface area contributed by atoms with Crippen LogP contribution in [-0.4, -0.2) is 30.2 Å². The highest BCUT2D eigenvalue weighted by atomic mass is 16.7. The fourth-order valence-electron chi connectivity index (χ4n) is 8.19. The second kappa shape index (κ2) is 5.45. The summed E-state index contributed by atoms with van der Waals surface area (Å²) in [5.74, 6) is 3.03. The van der Waals surface area contributed by atoms with Gasteiger partial charge in [-0.3, -0.25) is 0 Å². The van der Waals surface area contributed by atoms with Crippen molar-refractivity contribution in [1.82, 2.24) is 0 Å². The molecule has 3 unspecified atom stereocenters. The monoisotopic (exact) mass is 348 g/mol. The minimum Gasteiger partial charge on any atom is -0.393 e. The zero-order chi connectivity index (χ0) is 17.4. The van der Waals surface area contributed by atoms with Crippen molar-refractivity contribution in [2.45, 2.75) is 84.0 Å². The van der Waals surface area contributed by atoms with Crippen molar-refractivity contribution in [2.24, 2.45) is 40.4 Å². The smallest absolute Gasteiger partial charge is 0.168 e. The summed E-state index contributed by atoms with van der Waals surface area (Å²) >= 11 is 0. The van der Waals surface area contributed by atoms with Gasteiger partial charge in [-0.25, -0.2) is 0 Å². The molecule has 142 valence electrons. The standard InChI is InChI=1S/C22H36O3/c1-14-4-5-16-19-17(6-7-20(14,16)2)21(3)8-9-22(24-10-11-25-22)13-15(21)12-18(19)23/h14-19,23H,4-13H2,1-3H3/t14-,15-,16?,17?,18+,19?,20+,21-/m0/s1. The average Bonchev–Trinajstić information content (AvgIpc) is 3.15. The van der Waals surface area contributed by atoms with E-state index in [1.165, 1.54) is 32.1 Å². The highest BCUT2D eigenvalue weighted by Crippen LogP contribution is 2.68. The summed E-state index contributed by atoms with van der Waals surface area (Å²) in [5.41, 5.74) is 0.844. The molecule has 1 N–H and O–H groups in total. The second-order valence-electron chi connectivity index (χ2n) is 10.6. The van der Waals surface area contributed by atoms with Gasteiger partial charge in [-0.05, 0) is 78.9 Å². The van der Waals surface area contributed by atoms with Crippen LogP contribution in [0.5, 0.6) is 0 Å². The molecule has 1 aliphatic heterocycles. The Labute approximate surface area is 152 Å². The first-order chi connectivity index (χ1) is 11.9. The van der Waals surface area contributed by atoms with Crippen LogP contribution in [0.3, 0.4) is 0 Å². The van der Waals surface area contributed by atoms with Crippen LogP contribution in [0.2, 0.25) is 0 Å². The number of hydrogen-bond acceptors (Lipinski definition) is 3. The molecule has 3 nitrogen and oxygen atoms in total. The van der Waals surface area contributed by atoms with E-state index in [-0.39, 0.29) is 11.9 Å². The number of ether oxygens (including phenoxy) is 2. The van der Waals surface area contributed by atoms with Crippen molar-refractivity contribution < 1.29 is 14.6 Å². The normalized spacial score (nSPS) is 57.1. The zero-order valence-electron chi connectivity index (χ0n) is 16.3. The lowest BCUT2D eigenvalue weighted by Crippen LogP contribution is -2.60. The van der Waals surface area contributed by atoms with Gasteiger partial charge >= 0.3 is 0 Å². The number of fused-ring (bicyclic) bond motifs is 5. The highest BCUT2D eigenvalue weighted by molar-refractivity contribution is 5.11. The summed E-state index contributed by atoms with van der Waals surface area (Å²) in [6.07, 6.45) is 9.51. The number of aliphatic hydroxyl groups excluding tert-OH is 1. The Morgan fingerprint density at radius 2 is 1.60 bits per heavy atom. The molecule has 0 aromatic carbocycles. The Morgan fingerprint density at radius 3 is 2.36 bits per heavy atom. The maximum atomic E-state index is 11.3. The summed E-state index contributed by atoms with van der Waals surface area (Å²) in [6.45, 7) is 9.03. The molecule has 5 rings (SSSR count). The zero-order valence-corrected chi connectivity index (χ0v) is 16.3. The van der Waals surface area contributed by atoms with Gasteiger partial charge in [-0.15, -0.1) is 0 Å². The first-order valence-electron chi connectivity index (χ1n) is 10.8. The molecule has 0 aromatic heterocycles. The summed E-state index contributed by atoms with van der Waals surface area (Å²) in [5, 5.41) is 11.3. The van der Waals surface area contributed by atoms with E-state index >= 15 is 0 Å². The summed E-state index contributed by atoms with van der Waals surface area (Å²) in [4.78, 5) is 0. The van der Waals surface area contributed by atoms with E-state index in [0.717, 1.165) is 44.3 Å². The van der Waals surface area contributed by atoms with Crippen molar-refractivity contribution in [3.63, 3.8) is 0 Å². The topological polar surface area (TPSA) is 38.7 Å². The predicted octanol–water partition coefficient (Wildman–Crippen LogP) is 4.38. The molecule has 0 bridgehead atoms. The van der Waals surface area contributed by atoms with Crippen molar-refractivity contribution in [3.05, 3.63) is 0 Å². The lowest BCUT2D eigenvalue weighted by atomic mass is 9.44. The first-order valence-corrected chi connectivity index (χ1v) is 10.8. The molecule has 1 spiro atoms. The summed E-state index contributed by atoms with van der Waals surface area (Å²) in [6, 6.07) is 0. The van der Waals surface area contributed by atoms with Gasteiger partial charge in [0.1, 0.15) is 0 Å². The lowest BCUT2D eigenvalue weighted by molar-refractivity contribution is -0.242. The van der Waals surface area contributed by atoms with Gasteiger partial charge in [-0.2, -0.15) is 0 Å². The van der Waals surface area contributed by atoms with Crippen LogP contribution in [0, 0.1) is 40.4 Å². The molecule has 0 aromatic rings. The van der Waals surface area contributed by atoms with Gasteiger partial charge in [0.25, 0.3) is 0 Å². The van der Waals surface area contributed by atoms with Crippen molar-refractivity contribution in [3.8, 4) is 0 Å². The van der Waals surface area contributed by atoms with Crippen molar-refractivity contribution in [1.29, 1.82) is 0 Å². The molecule has 25 heavy (non-hydrogen) atoms. The molecule has 0 amide bonds. The summed E-state index contributed by atoms with van der Waals surface area (Å²) in [7, 11) is 0. The number of rotatable bonds is 0. The molecule has 1 saturated heterocycles. The van der Waals surface area contributed by atoms with Crippen molar-refractivity contribution >= 4 is 0 Å². The molecule has 5 aliphatic rings. The minimum absolute atomic E-state index is 0.116. The number of hydrogen-bond donors (Lipinski definition) is 1. The van der Waals surface area contributed by atoms with Gasteiger partial charge in [0.2, 0.25) is 0 Å². The molecule has 4 aliphatic carbocycles.